The lowest BCUT2D eigenvalue weighted by molar-refractivity contribution is -0.131. The fraction of sp³-hybridized carbons (Fsp3) is 0.647. The summed E-state index contributed by atoms with van der Waals surface area (Å²) in [4.78, 5) is 18.6. The second-order valence-corrected chi connectivity index (χ2v) is 6.31. The zero-order chi connectivity index (χ0) is 15.2. The SMILES string of the molecule is Cc1cccc(CN(C)C(=O)CC(C)C2CCCNC2)n1. The Morgan fingerprint density at radius 1 is 1.52 bits per heavy atom. The molecule has 1 aliphatic heterocycles. The highest BCUT2D eigenvalue weighted by Gasteiger charge is 2.23. The first-order valence-electron chi connectivity index (χ1n) is 7.93. The molecule has 1 aromatic rings. The molecule has 1 fully saturated rings. The first-order chi connectivity index (χ1) is 10.1. The van der Waals surface area contributed by atoms with Gasteiger partial charge in [-0.2, -0.15) is 0 Å². The van der Waals surface area contributed by atoms with E-state index in [0.717, 1.165) is 24.5 Å². The number of aromatic nitrogens is 1. The largest absolute Gasteiger partial charge is 0.340 e. The van der Waals surface area contributed by atoms with Crippen LogP contribution in [0.15, 0.2) is 18.2 Å². The molecule has 2 atom stereocenters. The predicted molar refractivity (Wildman–Crippen MR) is 84.8 cm³/mol. The third-order valence-electron chi connectivity index (χ3n) is 4.41. The third-order valence-corrected chi connectivity index (χ3v) is 4.41. The molecule has 1 amide bonds. The molecule has 1 N–H and O–H groups in total. The van der Waals surface area contributed by atoms with Crippen LogP contribution in [0.5, 0.6) is 0 Å². The number of amides is 1. The summed E-state index contributed by atoms with van der Waals surface area (Å²) in [5, 5.41) is 3.43. The molecule has 0 saturated carbocycles. The molecule has 4 nitrogen and oxygen atoms in total. The normalized spacial score (nSPS) is 20.0. The molecule has 4 heteroatoms. The van der Waals surface area contributed by atoms with Crippen molar-refractivity contribution >= 4 is 5.91 Å². The number of carbonyl (C=O) groups is 1. The molecule has 0 radical (unpaired) electrons. The van der Waals surface area contributed by atoms with Gasteiger partial charge in [0.05, 0.1) is 12.2 Å². The van der Waals surface area contributed by atoms with E-state index in [1.807, 2.05) is 32.2 Å². The van der Waals surface area contributed by atoms with Crippen LogP contribution >= 0.6 is 0 Å². The molecule has 1 aliphatic rings. The van der Waals surface area contributed by atoms with E-state index in [1.54, 1.807) is 4.90 Å². The van der Waals surface area contributed by atoms with Crippen molar-refractivity contribution in [1.29, 1.82) is 0 Å². The van der Waals surface area contributed by atoms with Crippen molar-refractivity contribution in [2.75, 3.05) is 20.1 Å². The van der Waals surface area contributed by atoms with Crippen LogP contribution in [0.4, 0.5) is 0 Å². The Morgan fingerprint density at radius 2 is 2.33 bits per heavy atom. The van der Waals surface area contributed by atoms with Crippen LogP contribution in [0.2, 0.25) is 0 Å². The van der Waals surface area contributed by atoms with Crippen LogP contribution in [-0.4, -0.2) is 35.9 Å². The van der Waals surface area contributed by atoms with Crippen molar-refractivity contribution < 1.29 is 4.79 Å². The monoisotopic (exact) mass is 289 g/mol. The van der Waals surface area contributed by atoms with Crippen LogP contribution in [0.1, 0.15) is 37.6 Å². The maximum absolute atomic E-state index is 12.4. The van der Waals surface area contributed by atoms with Gasteiger partial charge in [0.1, 0.15) is 0 Å². The van der Waals surface area contributed by atoms with Crippen molar-refractivity contribution in [3.8, 4) is 0 Å². The van der Waals surface area contributed by atoms with E-state index in [4.69, 9.17) is 0 Å². The van der Waals surface area contributed by atoms with Crippen molar-refractivity contribution in [3.63, 3.8) is 0 Å². The zero-order valence-electron chi connectivity index (χ0n) is 13.4. The molecule has 0 bridgehead atoms. The lowest BCUT2D eigenvalue weighted by Gasteiger charge is -2.29. The molecule has 116 valence electrons. The number of hydrogen-bond donors (Lipinski definition) is 1. The van der Waals surface area contributed by atoms with Gasteiger partial charge in [0.15, 0.2) is 0 Å². The van der Waals surface area contributed by atoms with Crippen LogP contribution < -0.4 is 5.32 Å². The minimum Gasteiger partial charge on any atom is -0.340 e. The quantitative estimate of drug-likeness (QED) is 0.905. The van der Waals surface area contributed by atoms with Gasteiger partial charge in [-0.3, -0.25) is 9.78 Å². The molecule has 2 unspecified atom stereocenters. The van der Waals surface area contributed by atoms with E-state index in [1.165, 1.54) is 12.8 Å². The molecule has 2 heterocycles. The Hall–Kier alpha value is -1.42. The summed E-state index contributed by atoms with van der Waals surface area (Å²) in [5.41, 5.74) is 1.95. The van der Waals surface area contributed by atoms with Crippen LogP contribution in [0.25, 0.3) is 0 Å². The zero-order valence-corrected chi connectivity index (χ0v) is 13.4. The predicted octanol–water partition coefficient (Wildman–Crippen LogP) is 2.37. The lowest BCUT2D eigenvalue weighted by atomic mass is 9.85. The van der Waals surface area contributed by atoms with Gasteiger partial charge in [-0.05, 0) is 56.8 Å². The summed E-state index contributed by atoms with van der Waals surface area (Å²) in [5.74, 6) is 1.29. The van der Waals surface area contributed by atoms with Gasteiger partial charge in [0, 0.05) is 19.2 Å². The summed E-state index contributed by atoms with van der Waals surface area (Å²) in [6, 6.07) is 5.95. The van der Waals surface area contributed by atoms with E-state index in [9.17, 15) is 4.79 Å². The van der Waals surface area contributed by atoms with E-state index in [0.29, 0.717) is 24.8 Å². The van der Waals surface area contributed by atoms with Gasteiger partial charge >= 0.3 is 0 Å². The van der Waals surface area contributed by atoms with E-state index >= 15 is 0 Å². The highest BCUT2D eigenvalue weighted by molar-refractivity contribution is 5.76. The summed E-state index contributed by atoms with van der Waals surface area (Å²) in [6.07, 6.45) is 3.10. The molecule has 0 spiro atoms. The van der Waals surface area contributed by atoms with Gasteiger partial charge < -0.3 is 10.2 Å². The second kappa shape index (κ2) is 7.55. The maximum Gasteiger partial charge on any atom is 0.222 e. The Labute approximate surface area is 127 Å². The number of nitrogens with zero attached hydrogens (tertiary/aromatic N) is 2. The Bertz CT molecular complexity index is 469. The fourth-order valence-corrected chi connectivity index (χ4v) is 2.98. The van der Waals surface area contributed by atoms with Crippen LogP contribution in [0, 0.1) is 18.8 Å². The fourth-order valence-electron chi connectivity index (χ4n) is 2.98. The second-order valence-electron chi connectivity index (χ2n) is 6.31. The average Bonchev–Trinajstić information content (AvgIpc) is 2.48. The Kier molecular flexibility index (Phi) is 5.74. The number of pyridine rings is 1. The van der Waals surface area contributed by atoms with Gasteiger partial charge in [-0.15, -0.1) is 0 Å². The maximum atomic E-state index is 12.4. The Balaban J connectivity index is 1.84. The minimum atomic E-state index is 0.219. The summed E-state index contributed by atoms with van der Waals surface area (Å²) in [6.45, 7) is 6.95. The molecular weight excluding hydrogens is 262 g/mol. The molecule has 1 aromatic heterocycles. The first kappa shape index (κ1) is 16.0. The van der Waals surface area contributed by atoms with Gasteiger partial charge in [0.25, 0.3) is 0 Å². The van der Waals surface area contributed by atoms with E-state index in [-0.39, 0.29) is 5.91 Å². The highest BCUT2D eigenvalue weighted by Crippen LogP contribution is 2.23. The van der Waals surface area contributed by atoms with E-state index in [2.05, 4.69) is 17.2 Å². The molecule has 21 heavy (non-hydrogen) atoms. The van der Waals surface area contributed by atoms with Crippen molar-refractivity contribution in [2.45, 2.75) is 39.7 Å². The van der Waals surface area contributed by atoms with Gasteiger partial charge in [0.2, 0.25) is 5.91 Å². The topological polar surface area (TPSA) is 45.2 Å². The van der Waals surface area contributed by atoms with Crippen molar-refractivity contribution in [3.05, 3.63) is 29.6 Å². The smallest absolute Gasteiger partial charge is 0.222 e. The third kappa shape index (κ3) is 4.81. The molecule has 0 aliphatic carbocycles. The summed E-state index contributed by atoms with van der Waals surface area (Å²) in [7, 11) is 1.87. The number of hydrogen-bond acceptors (Lipinski definition) is 3. The van der Waals surface area contributed by atoms with Crippen molar-refractivity contribution in [1.82, 2.24) is 15.2 Å². The number of aryl methyl sites for hydroxylation is 1. The molecular formula is C17H27N3O. The highest BCUT2D eigenvalue weighted by atomic mass is 16.2. The standard InChI is InChI=1S/C17H27N3O/c1-13(15-7-5-9-18-11-15)10-17(21)20(3)12-16-8-4-6-14(2)19-16/h4,6,8,13,15,18H,5,7,9-12H2,1-3H3. The number of piperidine rings is 1. The number of nitrogens with one attached hydrogen (secondary N) is 1. The number of carbonyl (C=O) groups excluding carboxylic acids is 1. The van der Waals surface area contributed by atoms with E-state index < -0.39 is 0 Å². The minimum absolute atomic E-state index is 0.219. The lowest BCUT2D eigenvalue weighted by Crippen LogP contribution is -2.36. The Morgan fingerprint density at radius 3 is 3.00 bits per heavy atom. The first-order valence-corrected chi connectivity index (χ1v) is 7.93. The van der Waals surface area contributed by atoms with Gasteiger partial charge in [-0.25, -0.2) is 0 Å². The van der Waals surface area contributed by atoms with Crippen molar-refractivity contribution in [2.24, 2.45) is 11.8 Å². The molecule has 0 aromatic carbocycles. The average molecular weight is 289 g/mol. The summed E-state index contributed by atoms with van der Waals surface area (Å²) >= 11 is 0. The molecule has 2 rings (SSSR count). The molecule has 1 saturated heterocycles. The van der Waals surface area contributed by atoms with Crippen LogP contribution in [0.3, 0.4) is 0 Å². The number of rotatable bonds is 5. The summed E-state index contributed by atoms with van der Waals surface area (Å²) < 4.78 is 0. The van der Waals surface area contributed by atoms with Gasteiger partial charge in [-0.1, -0.05) is 13.0 Å². The van der Waals surface area contributed by atoms with Crippen LogP contribution in [-0.2, 0) is 11.3 Å².